The predicted molar refractivity (Wildman–Crippen MR) is 209 cm³/mol. The molecule has 2 amide bonds. The second-order valence-corrected chi connectivity index (χ2v) is 12.5. The molecular weight excluding hydrogens is 734 g/mol. The molecule has 0 saturated heterocycles. The zero-order valence-electron chi connectivity index (χ0n) is 32.6. The van der Waals surface area contributed by atoms with Crippen LogP contribution in [0.3, 0.4) is 0 Å². The largest absolute Gasteiger partial charge is 0.478 e. The molecule has 14 nitrogen and oxygen atoms in total. The highest BCUT2D eigenvalue weighted by atomic mass is 16.4. The molecule has 0 radical (unpaired) electrons. The first kappa shape index (κ1) is 47.5. The number of rotatable bonds is 10. The molecule has 14 heteroatoms. The van der Waals surface area contributed by atoms with Gasteiger partial charge in [0.25, 0.3) is 0 Å². The lowest BCUT2D eigenvalue weighted by molar-refractivity contribution is 0.0695. The van der Waals surface area contributed by atoms with Crippen LogP contribution in [0, 0.1) is 18.3 Å². The van der Waals surface area contributed by atoms with Gasteiger partial charge in [0, 0.05) is 50.1 Å². The van der Waals surface area contributed by atoms with Gasteiger partial charge in [-0.05, 0) is 134 Å². The third kappa shape index (κ3) is 15.4. The molecule has 0 saturated carbocycles. The number of nitrogens with two attached hydrogens (primary N) is 2. The molecule has 0 aromatic heterocycles. The SMILES string of the molecule is CC(=O)c1cc(C#N)cc(C(C)=O)c1.CC(=O)c1cc(C(C)=O)cc(C(N)=O)c1.CC(=O)c1cc(C(N)=O)cc(C(=O)O)c1.CC(=O)c1cc(C)cc(C(C)=O)c1. The summed E-state index contributed by atoms with van der Waals surface area (Å²) in [5.74, 6) is -3.67. The van der Waals surface area contributed by atoms with E-state index in [0.717, 1.165) is 11.6 Å². The standard InChI is InChI=1S/C11H11NO3.C11H9NO2.C11H12O2.C10H9NO4/c1-6(13)8-3-9(7(2)14)5-10(4-8)11(12)15;1-7(13)10-3-9(6-12)4-11(5-10)8(2)14;1-7-4-10(8(2)12)6-11(5-7)9(3)13;1-5(12)6-2-7(9(11)13)4-8(3-6)10(14)15/h3-5H,1-2H3,(H2,12,15);3-5H,1-2H3;4-6H,1-3H3;2-4H,1H3,(H2,11,13)(H,14,15). The lowest BCUT2D eigenvalue weighted by Crippen LogP contribution is -2.13. The van der Waals surface area contributed by atoms with Gasteiger partial charge in [-0.25, -0.2) is 4.79 Å². The number of carboxylic acid groups (broad SMARTS) is 1. The minimum absolute atomic E-state index is 0.00815. The monoisotopic (exact) mass is 775 g/mol. The normalized spacial score (nSPS) is 9.60. The average Bonchev–Trinajstić information content (AvgIpc) is 3.14. The van der Waals surface area contributed by atoms with Crippen molar-refractivity contribution in [1.29, 1.82) is 5.26 Å². The van der Waals surface area contributed by atoms with Crippen molar-refractivity contribution >= 4 is 58.3 Å². The fourth-order valence-electron chi connectivity index (χ4n) is 4.56. The van der Waals surface area contributed by atoms with Gasteiger partial charge in [0.15, 0.2) is 40.5 Å². The number of Topliss-reactive ketones (excluding diaryl/α,β-unsaturated/α-hetero) is 7. The fraction of sp³-hybridized carbons (Fsp3) is 0.186. The number of nitrogens with zero attached hydrogens (tertiary/aromatic N) is 1. The van der Waals surface area contributed by atoms with Crippen LogP contribution in [0.2, 0.25) is 0 Å². The van der Waals surface area contributed by atoms with Crippen LogP contribution in [-0.4, -0.2) is 63.4 Å². The number of nitriles is 1. The highest BCUT2D eigenvalue weighted by Crippen LogP contribution is 2.14. The van der Waals surface area contributed by atoms with Crippen LogP contribution in [-0.2, 0) is 0 Å². The van der Waals surface area contributed by atoms with Crippen molar-refractivity contribution < 1.29 is 53.1 Å². The Balaban J connectivity index is 0.000000381. The smallest absolute Gasteiger partial charge is 0.335 e. The zero-order chi connectivity index (χ0) is 43.9. The number of benzene rings is 4. The summed E-state index contributed by atoms with van der Waals surface area (Å²) in [4.78, 5) is 110. The van der Waals surface area contributed by atoms with E-state index in [9.17, 15) is 47.9 Å². The van der Waals surface area contributed by atoms with Gasteiger partial charge < -0.3 is 16.6 Å². The summed E-state index contributed by atoms with van der Waals surface area (Å²) in [6, 6.07) is 19.4. The number of amides is 2. The quantitative estimate of drug-likeness (QED) is 0.151. The number of hydrogen-bond donors (Lipinski definition) is 3. The van der Waals surface area contributed by atoms with Crippen molar-refractivity contribution in [3.63, 3.8) is 0 Å². The first-order valence-electron chi connectivity index (χ1n) is 16.7. The van der Waals surface area contributed by atoms with Crippen LogP contribution in [0.5, 0.6) is 0 Å². The molecule has 0 spiro atoms. The summed E-state index contributed by atoms with van der Waals surface area (Å²) in [6.45, 7) is 11.7. The first-order valence-corrected chi connectivity index (χ1v) is 16.7. The highest BCUT2D eigenvalue weighted by Gasteiger charge is 2.13. The maximum atomic E-state index is 11.1. The molecule has 0 atom stereocenters. The molecular formula is C43H41N3O11. The Morgan fingerprint density at radius 1 is 0.404 bits per heavy atom. The molecule has 4 aromatic rings. The summed E-state index contributed by atoms with van der Waals surface area (Å²) >= 11 is 0. The Bertz CT molecular complexity index is 2060. The van der Waals surface area contributed by atoms with E-state index >= 15 is 0 Å². The number of carbonyl (C=O) groups excluding carboxylic acids is 9. The van der Waals surface area contributed by atoms with Gasteiger partial charge in [-0.15, -0.1) is 0 Å². The summed E-state index contributed by atoms with van der Waals surface area (Å²) in [6.07, 6.45) is 0. The van der Waals surface area contributed by atoms with E-state index in [0.29, 0.717) is 38.9 Å². The van der Waals surface area contributed by atoms with Crippen LogP contribution in [0.1, 0.15) is 163 Å². The average molecular weight is 776 g/mol. The second-order valence-electron chi connectivity index (χ2n) is 12.5. The van der Waals surface area contributed by atoms with Gasteiger partial charge in [0.05, 0.1) is 17.2 Å². The summed E-state index contributed by atoms with van der Waals surface area (Å²) < 4.78 is 0. The van der Waals surface area contributed by atoms with E-state index in [2.05, 4.69) is 0 Å². The summed E-state index contributed by atoms with van der Waals surface area (Å²) in [7, 11) is 0. The topological polar surface area (TPSA) is 267 Å². The van der Waals surface area contributed by atoms with Gasteiger partial charge in [-0.1, -0.05) is 0 Å². The number of aryl methyl sites for hydroxylation is 1. The van der Waals surface area contributed by atoms with Gasteiger partial charge >= 0.3 is 5.97 Å². The fourth-order valence-corrected chi connectivity index (χ4v) is 4.56. The Kier molecular flexibility index (Phi) is 17.8. The number of aromatic carboxylic acids is 1. The van der Waals surface area contributed by atoms with E-state index in [-0.39, 0.29) is 62.7 Å². The zero-order valence-corrected chi connectivity index (χ0v) is 32.6. The van der Waals surface area contributed by atoms with Crippen molar-refractivity contribution in [2.24, 2.45) is 11.5 Å². The highest BCUT2D eigenvalue weighted by molar-refractivity contribution is 6.05. The number of ketones is 7. The van der Waals surface area contributed by atoms with E-state index in [4.69, 9.17) is 21.8 Å². The van der Waals surface area contributed by atoms with E-state index < -0.39 is 17.8 Å². The summed E-state index contributed by atoms with van der Waals surface area (Å²) in [5, 5.41) is 17.4. The molecule has 0 aliphatic rings. The lowest BCUT2D eigenvalue weighted by Gasteiger charge is -2.03. The van der Waals surface area contributed by atoms with Crippen LogP contribution >= 0.6 is 0 Å². The molecule has 0 fully saturated rings. The maximum Gasteiger partial charge on any atom is 0.335 e. The van der Waals surface area contributed by atoms with Crippen LogP contribution in [0.25, 0.3) is 0 Å². The van der Waals surface area contributed by atoms with Crippen molar-refractivity contribution in [1.82, 2.24) is 0 Å². The van der Waals surface area contributed by atoms with Crippen LogP contribution in [0.15, 0.2) is 72.8 Å². The summed E-state index contributed by atoms with van der Waals surface area (Å²) in [5.41, 5.74) is 14.2. The number of carbonyl (C=O) groups is 10. The minimum Gasteiger partial charge on any atom is -0.478 e. The Morgan fingerprint density at radius 2 is 0.614 bits per heavy atom. The lowest BCUT2D eigenvalue weighted by atomic mass is 10.0. The maximum absolute atomic E-state index is 11.1. The van der Waals surface area contributed by atoms with Crippen molar-refractivity contribution in [3.05, 3.63) is 140 Å². The molecule has 57 heavy (non-hydrogen) atoms. The number of carboxylic acids is 1. The van der Waals surface area contributed by atoms with Crippen molar-refractivity contribution in [2.45, 2.75) is 55.4 Å². The molecule has 5 N–H and O–H groups in total. The van der Waals surface area contributed by atoms with E-state index in [1.165, 1.54) is 97.0 Å². The third-order valence-corrected chi connectivity index (χ3v) is 7.67. The molecule has 0 aliphatic carbocycles. The third-order valence-electron chi connectivity index (χ3n) is 7.67. The van der Waals surface area contributed by atoms with Crippen molar-refractivity contribution in [2.75, 3.05) is 0 Å². The van der Waals surface area contributed by atoms with Gasteiger partial charge in [0.1, 0.15) is 0 Å². The Morgan fingerprint density at radius 3 is 0.842 bits per heavy atom. The van der Waals surface area contributed by atoms with E-state index in [1.54, 1.807) is 18.2 Å². The second kappa shape index (κ2) is 21.4. The predicted octanol–water partition coefficient (Wildman–Crippen LogP) is 6.24. The number of primary amides is 2. The van der Waals surface area contributed by atoms with Crippen molar-refractivity contribution in [3.8, 4) is 6.07 Å². The molecule has 0 heterocycles. The Labute approximate surface area is 328 Å². The van der Waals surface area contributed by atoms with Gasteiger partial charge in [0.2, 0.25) is 11.8 Å². The molecule has 4 aromatic carbocycles. The molecule has 294 valence electrons. The molecule has 0 aliphatic heterocycles. The number of hydrogen-bond acceptors (Lipinski definition) is 11. The molecule has 4 rings (SSSR count). The van der Waals surface area contributed by atoms with E-state index in [1.807, 2.05) is 13.0 Å². The van der Waals surface area contributed by atoms with Crippen LogP contribution in [0.4, 0.5) is 0 Å². The Hall–Kier alpha value is -7.53. The first-order chi connectivity index (χ1) is 26.4. The van der Waals surface area contributed by atoms with Crippen LogP contribution < -0.4 is 11.5 Å². The minimum atomic E-state index is -1.21. The molecule has 0 bridgehead atoms. The molecule has 0 unspecified atom stereocenters. The van der Waals surface area contributed by atoms with Gasteiger partial charge in [-0.2, -0.15) is 5.26 Å². The van der Waals surface area contributed by atoms with Gasteiger partial charge in [-0.3, -0.25) is 43.2 Å².